The van der Waals surface area contributed by atoms with E-state index in [-0.39, 0.29) is 6.04 Å². The van der Waals surface area contributed by atoms with Gasteiger partial charge in [0.25, 0.3) is 0 Å². The fourth-order valence-corrected chi connectivity index (χ4v) is 2.82. The van der Waals surface area contributed by atoms with Crippen LogP contribution >= 0.6 is 15.9 Å². The molecule has 3 rings (SSSR count). The van der Waals surface area contributed by atoms with Crippen LogP contribution in [0.4, 0.5) is 0 Å². The quantitative estimate of drug-likeness (QED) is 0.806. The third-order valence-corrected chi connectivity index (χ3v) is 3.83. The maximum absolute atomic E-state index is 6.40. The minimum absolute atomic E-state index is 0.253. The van der Waals surface area contributed by atoms with E-state index in [2.05, 4.69) is 26.1 Å². The molecule has 0 amide bonds. The van der Waals surface area contributed by atoms with Gasteiger partial charge in [-0.2, -0.15) is 10.2 Å². The maximum Gasteiger partial charge on any atom is 0.0772 e. The van der Waals surface area contributed by atoms with Crippen molar-refractivity contribution in [3.8, 4) is 0 Å². The van der Waals surface area contributed by atoms with Crippen molar-refractivity contribution in [3.63, 3.8) is 0 Å². The van der Waals surface area contributed by atoms with Crippen molar-refractivity contribution in [1.82, 2.24) is 19.4 Å². The Balaban J connectivity index is 2.13. The molecule has 0 aromatic carbocycles. The lowest BCUT2D eigenvalue weighted by Gasteiger charge is -2.13. The maximum atomic E-state index is 6.40. The summed E-state index contributed by atoms with van der Waals surface area (Å²) in [6.45, 7) is 2.83. The summed E-state index contributed by atoms with van der Waals surface area (Å²) in [4.78, 5) is 0. The highest BCUT2D eigenvalue weighted by Gasteiger charge is 2.20. The number of aromatic nitrogens is 4. The number of rotatable bonds is 3. The van der Waals surface area contributed by atoms with E-state index in [4.69, 9.17) is 5.73 Å². The SMILES string of the molecule is CCn1ncc(Br)c1C(N)c1cnn2ccccc12. The van der Waals surface area contributed by atoms with Gasteiger partial charge in [-0.25, -0.2) is 4.52 Å². The average Bonchev–Trinajstić information content (AvgIpc) is 3.01. The zero-order valence-corrected chi connectivity index (χ0v) is 12.1. The molecule has 5 nitrogen and oxygen atoms in total. The van der Waals surface area contributed by atoms with Gasteiger partial charge >= 0.3 is 0 Å². The molecule has 19 heavy (non-hydrogen) atoms. The van der Waals surface area contributed by atoms with Crippen LogP contribution in [0.3, 0.4) is 0 Å². The van der Waals surface area contributed by atoms with E-state index in [9.17, 15) is 0 Å². The zero-order chi connectivity index (χ0) is 13.4. The van der Waals surface area contributed by atoms with Gasteiger partial charge in [-0.15, -0.1) is 0 Å². The van der Waals surface area contributed by atoms with E-state index in [0.29, 0.717) is 0 Å². The molecule has 0 aliphatic carbocycles. The fourth-order valence-electron chi connectivity index (χ4n) is 2.27. The molecule has 3 heterocycles. The van der Waals surface area contributed by atoms with Crippen LogP contribution in [-0.2, 0) is 6.54 Å². The summed E-state index contributed by atoms with van der Waals surface area (Å²) in [5.41, 5.74) is 9.39. The molecule has 6 heteroatoms. The van der Waals surface area contributed by atoms with Crippen LogP contribution in [0.25, 0.3) is 5.52 Å². The fraction of sp³-hybridized carbons (Fsp3) is 0.231. The number of halogens is 1. The van der Waals surface area contributed by atoms with Gasteiger partial charge in [0.05, 0.1) is 34.1 Å². The largest absolute Gasteiger partial charge is 0.319 e. The topological polar surface area (TPSA) is 61.1 Å². The molecule has 1 unspecified atom stereocenters. The Bertz CT molecular complexity index is 715. The van der Waals surface area contributed by atoms with Crippen molar-refractivity contribution in [3.05, 3.63) is 52.5 Å². The monoisotopic (exact) mass is 319 g/mol. The smallest absolute Gasteiger partial charge is 0.0772 e. The first-order valence-corrected chi connectivity index (χ1v) is 6.90. The Hall–Kier alpha value is -1.66. The van der Waals surface area contributed by atoms with Crippen molar-refractivity contribution in [2.24, 2.45) is 5.73 Å². The predicted octanol–water partition coefficient (Wildman–Crippen LogP) is 2.36. The minimum atomic E-state index is -0.253. The van der Waals surface area contributed by atoms with Gasteiger partial charge in [0, 0.05) is 18.3 Å². The second-order valence-electron chi connectivity index (χ2n) is 4.30. The summed E-state index contributed by atoms with van der Waals surface area (Å²) >= 11 is 3.52. The zero-order valence-electron chi connectivity index (χ0n) is 10.5. The van der Waals surface area contributed by atoms with Gasteiger partial charge in [-0.3, -0.25) is 4.68 Å². The van der Waals surface area contributed by atoms with Crippen molar-refractivity contribution in [2.45, 2.75) is 19.5 Å². The van der Waals surface area contributed by atoms with Gasteiger partial charge in [-0.05, 0) is 35.0 Å². The van der Waals surface area contributed by atoms with Crippen LogP contribution in [0.15, 0.2) is 41.3 Å². The molecule has 0 spiro atoms. The van der Waals surface area contributed by atoms with E-state index in [0.717, 1.165) is 27.8 Å². The predicted molar refractivity (Wildman–Crippen MR) is 76.8 cm³/mol. The molecule has 0 fully saturated rings. The van der Waals surface area contributed by atoms with Crippen LogP contribution < -0.4 is 5.73 Å². The molecule has 3 aromatic rings. The Labute approximate surface area is 119 Å². The third kappa shape index (κ3) is 1.97. The number of nitrogens with two attached hydrogens (primary N) is 1. The Morgan fingerprint density at radius 2 is 2.16 bits per heavy atom. The van der Waals surface area contributed by atoms with Gasteiger partial charge in [0.1, 0.15) is 0 Å². The van der Waals surface area contributed by atoms with Crippen LogP contribution in [-0.4, -0.2) is 19.4 Å². The van der Waals surface area contributed by atoms with Crippen LogP contribution in [0, 0.1) is 0 Å². The molecule has 1 atom stereocenters. The summed E-state index contributed by atoms with van der Waals surface area (Å²) in [6, 6.07) is 5.70. The summed E-state index contributed by atoms with van der Waals surface area (Å²) in [5.74, 6) is 0. The first-order valence-electron chi connectivity index (χ1n) is 6.11. The molecule has 3 aromatic heterocycles. The van der Waals surface area contributed by atoms with Gasteiger partial charge in [0.2, 0.25) is 0 Å². The molecule has 0 aliphatic heterocycles. The van der Waals surface area contributed by atoms with Crippen LogP contribution in [0.2, 0.25) is 0 Å². The lowest BCUT2D eigenvalue weighted by Crippen LogP contribution is -2.17. The number of fused-ring (bicyclic) bond motifs is 1. The van der Waals surface area contributed by atoms with E-state index in [1.165, 1.54) is 0 Å². The van der Waals surface area contributed by atoms with Gasteiger partial charge < -0.3 is 5.73 Å². The van der Waals surface area contributed by atoms with Gasteiger partial charge in [-0.1, -0.05) is 6.07 Å². The first-order chi connectivity index (χ1) is 9.22. The molecule has 0 aliphatic rings. The lowest BCUT2D eigenvalue weighted by atomic mass is 10.1. The van der Waals surface area contributed by atoms with E-state index < -0.39 is 0 Å². The minimum Gasteiger partial charge on any atom is -0.319 e. The Morgan fingerprint density at radius 3 is 2.95 bits per heavy atom. The summed E-state index contributed by atoms with van der Waals surface area (Å²) < 4.78 is 4.66. The number of hydrogen-bond acceptors (Lipinski definition) is 3. The lowest BCUT2D eigenvalue weighted by molar-refractivity contribution is 0.600. The van der Waals surface area contributed by atoms with E-state index in [1.807, 2.05) is 46.7 Å². The number of hydrogen-bond donors (Lipinski definition) is 1. The molecule has 0 bridgehead atoms. The molecular weight excluding hydrogens is 306 g/mol. The Kier molecular flexibility index (Phi) is 3.12. The molecule has 98 valence electrons. The van der Waals surface area contributed by atoms with Crippen molar-refractivity contribution >= 4 is 21.4 Å². The van der Waals surface area contributed by atoms with Crippen molar-refractivity contribution in [1.29, 1.82) is 0 Å². The third-order valence-electron chi connectivity index (χ3n) is 3.22. The van der Waals surface area contributed by atoms with Gasteiger partial charge in [0.15, 0.2) is 0 Å². The van der Waals surface area contributed by atoms with Crippen LogP contribution in [0.5, 0.6) is 0 Å². The molecule has 0 saturated heterocycles. The molecule has 2 N–H and O–H groups in total. The Morgan fingerprint density at radius 1 is 1.32 bits per heavy atom. The second kappa shape index (κ2) is 4.79. The summed E-state index contributed by atoms with van der Waals surface area (Å²) in [5, 5.41) is 8.63. The van der Waals surface area contributed by atoms with Crippen LogP contribution in [0.1, 0.15) is 24.2 Å². The summed E-state index contributed by atoms with van der Waals surface area (Å²) in [7, 11) is 0. The molecule has 0 radical (unpaired) electrons. The highest BCUT2D eigenvalue weighted by molar-refractivity contribution is 9.10. The number of aryl methyl sites for hydroxylation is 1. The molecular formula is C13H14BrN5. The van der Waals surface area contributed by atoms with E-state index in [1.54, 1.807) is 6.20 Å². The second-order valence-corrected chi connectivity index (χ2v) is 5.16. The first kappa shape index (κ1) is 12.4. The van der Waals surface area contributed by atoms with Crippen molar-refractivity contribution in [2.75, 3.05) is 0 Å². The normalized spacial score (nSPS) is 13.0. The average molecular weight is 320 g/mol. The number of nitrogens with zero attached hydrogens (tertiary/aromatic N) is 4. The van der Waals surface area contributed by atoms with Crippen molar-refractivity contribution < 1.29 is 0 Å². The highest BCUT2D eigenvalue weighted by atomic mass is 79.9. The highest BCUT2D eigenvalue weighted by Crippen LogP contribution is 2.28. The summed E-state index contributed by atoms with van der Waals surface area (Å²) in [6.07, 6.45) is 5.52. The number of pyridine rings is 1. The molecule has 0 saturated carbocycles. The standard InChI is InChI=1S/C13H14BrN5/c1-2-18-13(10(14)8-17-18)12(15)9-7-16-19-6-4-3-5-11(9)19/h3-8,12H,2,15H2,1H3. The van der Waals surface area contributed by atoms with E-state index >= 15 is 0 Å².